The molecular weight excluding hydrogens is 462 g/mol. The first kappa shape index (κ1) is 23.2. The Morgan fingerprint density at radius 1 is 1.25 bits per heavy atom. The van der Waals surface area contributed by atoms with E-state index in [1.807, 2.05) is 11.0 Å². The van der Waals surface area contributed by atoms with Gasteiger partial charge in [0.05, 0.1) is 66.1 Å². The van der Waals surface area contributed by atoms with Crippen LogP contribution in [0.5, 0.6) is 0 Å². The van der Waals surface area contributed by atoms with Crippen molar-refractivity contribution in [2.45, 2.75) is 32.5 Å². The highest BCUT2D eigenvalue weighted by Crippen LogP contribution is 2.29. The highest BCUT2D eigenvalue weighted by Gasteiger charge is 2.32. The largest absolute Gasteiger partial charge is 0.391 e. The Kier molecular flexibility index (Phi) is 5.95. The molecule has 0 saturated carbocycles. The number of hydrogen-bond acceptors (Lipinski definition) is 10. The maximum atomic E-state index is 12.3. The molecule has 4 aromatic rings. The molecule has 0 aliphatic carbocycles. The SMILES string of the molecule is C[C@@H]1CN(c2ncc(C#N)cn2)C[C@H]1Nc1c(C(N)=O)cnn2cc(-c3cnn(C[C@@H](C)O)c3)nc12. The molecule has 1 aliphatic rings. The molecule has 0 aromatic carbocycles. The lowest BCUT2D eigenvalue weighted by molar-refractivity contribution is 0.100. The normalized spacial score (nSPS) is 18.3. The maximum absolute atomic E-state index is 12.3. The lowest BCUT2D eigenvalue weighted by Crippen LogP contribution is -2.30. The van der Waals surface area contributed by atoms with E-state index in [1.165, 1.54) is 18.6 Å². The molecule has 13 nitrogen and oxygen atoms in total. The first-order chi connectivity index (χ1) is 17.3. The van der Waals surface area contributed by atoms with Crippen LogP contribution in [0.25, 0.3) is 16.9 Å². The number of nitrogens with two attached hydrogens (primary N) is 1. The fraction of sp³-hybridized carbons (Fsp3) is 0.348. The number of nitrogens with zero attached hydrogens (tertiary/aromatic N) is 9. The van der Waals surface area contributed by atoms with Crippen LogP contribution in [-0.2, 0) is 6.54 Å². The summed E-state index contributed by atoms with van der Waals surface area (Å²) in [4.78, 5) is 27.6. The summed E-state index contributed by atoms with van der Waals surface area (Å²) in [6.07, 6.45) is 9.12. The van der Waals surface area contributed by atoms with Gasteiger partial charge in [-0.15, -0.1) is 0 Å². The molecule has 5 heterocycles. The van der Waals surface area contributed by atoms with Crippen LogP contribution in [0.3, 0.4) is 0 Å². The second-order valence-electron chi connectivity index (χ2n) is 9.01. The Labute approximate surface area is 206 Å². The number of aliphatic hydroxyl groups excluding tert-OH is 1. The molecule has 5 rings (SSSR count). The van der Waals surface area contributed by atoms with Gasteiger partial charge in [-0.25, -0.2) is 19.5 Å². The number of primary amides is 1. The minimum atomic E-state index is -0.611. The number of carbonyl (C=O) groups excluding carboxylic acids is 1. The second-order valence-corrected chi connectivity index (χ2v) is 9.01. The molecular formula is C23H25N11O2. The van der Waals surface area contributed by atoms with E-state index in [9.17, 15) is 9.90 Å². The van der Waals surface area contributed by atoms with E-state index >= 15 is 0 Å². The Hall–Kier alpha value is -4.57. The number of rotatable bonds is 7. The van der Waals surface area contributed by atoms with Crippen LogP contribution in [0, 0.1) is 17.2 Å². The van der Waals surface area contributed by atoms with Gasteiger partial charge in [-0.05, 0) is 12.8 Å². The molecule has 1 aliphatic heterocycles. The minimum Gasteiger partial charge on any atom is -0.391 e. The maximum Gasteiger partial charge on any atom is 0.252 e. The molecule has 13 heteroatoms. The predicted octanol–water partition coefficient (Wildman–Crippen LogP) is 0.671. The molecule has 0 unspecified atom stereocenters. The van der Waals surface area contributed by atoms with E-state index in [-0.39, 0.29) is 17.5 Å². The number of aliphatic hydroxyl groups is 1. The summed E-state index contributed by atoms with van der Waals surface area (Å²) in [5.41, 5.74) is 8.66. The summed E-state index contributed by atoms with van der Waals surface area (Å²) in [6.45, 7) is 5.43. The third kappa shape index (κ3) is 4.41. The average Bonchev–Trinajstić information content (AvgIpc) is 3.57. The quantitative estimate of drug-likeness (QED) is 0.336. The molecule has 1 fully saturated rings. The molecule has 4 N–H and O–H groups in total. The highest BCUT2D eigenvalue weighted by molar-refractivity contribution is 6.01. The minimum absolute atomic E-state index is 0.0533. The molecule has 184 valence electrons. The molecule has 0 spiro atoms. The van der Waals surface area contributed by atoms with Crippen molar-refractivity contribution in [3.05, 3.63) is 48.3 Å². The number of anilines is 2. The van der Waals surface area contributed by atoms with Crippen LogP contribution in [0.15, 0.2) is 37.2 Å². The first-order valence-electron chi connectivity index (χ1n) is 11.4. The summed E-state index contributed by atoms with van der Waals surface area (Å²) < 4.78 is 3.24. The van der Waals surface area contributed by atoms with Crippen LogP contribution < -0.4 is 16.0 Å². The smallest absolute Gasteiger partial charge is 0.252 e. The molecule has 3 atom stereocenters. The standard InChI is InChI=1S/C23H25N11O2/c1-13-8-32(23-26-4-15(3-24)5-27-23)11-18(13)30-20-17(21(25)36)7-29-34-12-19(31-22(20)34)16-6-28-33(10-16)9-14(2)35/h4-7,10,12-14,18,30,35H,8-9,11H2,1-2H3,(H2,25,36)/t13-,14-,18-/m1/s1. The summed E-state index contributed by atoms with van der Waals surface area (Å²) >= 11 is 0. The van der Waals surface area contributed by atoms with Crippen molar-refractivity contribution in [2.75, 3.05) is 23.3 Å². The Morgan fingerprint density at radius 2 is 2.03 bits per heavy atom. The average molecular weight is 488 g/mol. The lowest BCUT2D eigenvalue weighted by Gasteiger charge is -2.20. The van der Waals surface area contributed by atoms with Crippen molar-refractivity contribution < 1.29 is 9.90 Å². The van der Waals surface area contributed by atoms with Gasteiger partial charge in [0.1, 0.15) is 6.07 Å². The summed E-state index contributed by atoms with van der Waals surface area (Å²) in [7, 11) is 0. The van der Waals surface area contributed by atoms with Gasteiger partial charge in [0.2, 0.25) is 5.95 Å². The van der Waals surface area contributed by atoms with Gasteiger partial charge in [0.15, 0.2) is 5.65 Å². The topological polar surface area (TPSA) is 176 Å². The number of carbonyl (C=O) groups is 1. The molecule has 0 radical (unpaired) electrons. The number of nitrogens with one attached hydrogen (secondary N) is 1. The van der Waals surface area contributed by atoms with Crippen molar-refractivity contribution in [3.63, 3.8) is 0 Å². The van der Waals surface area contributed by atoms with Crippen molar-refractivity contribution in [1.82, 2.24) is 34.3 Å². The Morgan fingerprint density at radius 3 is 2.72 bits per heavy atom. The summed E-state index contributed by atoms with van der Waals surface area (Å²) in [5, 5.41) is 30.7. The van der Waals surface area contributed by atoms with Gasteiger partial charge >= 0.3 is 0 Å². The van der Waals surface area contributed by atoms with Crippen molar-refractivity contribution in [3.8, 4) is 17.3 Å². The lowest BCUT2D eigenvalue weighted by atomic mass is 10.1. The van der Waals surface area contributed by atoms with E-state index in [0.717, 1.165) is 5.56 Å². The van der Waals surface area contributed by atoms with Crippen LogP contribution in [0.4, 0.5) is 11.6 Å². The summed E-state index contributed by atoms with van der Waals surface area (Å²) in [6, 6.07) is 1.97. The predicted molar refractivity (Wildman–Crippen MR) is 130 cm³/mol. The number of aromatic nitrogens is 7. The van der Waals surface area contributed by atoms with E-state index in [1.54, 1.807) is 34.7 Å². The zero-order valence-corrected chi connectivity index (χ0v) is 19.8. The number of hydrogen-bond donors (Lipinski definition) is 3. The fourth-order valence-corrected chi connectivity index (χ4v) is 4.31. The zero-order chi connectivity index (χ0) is 25.4. The van der Waals surface area contributed by atoms with Crippen LogP contribution >= 0.6 is 0 Å². The first-order valence-corrected chi connectivity index (χ1v) is 11.4. The number of imidazole rings is 1. The van der Waals surface area contributed by atoms with E-state index in [2.05, 4.69) is 32.4 Å². The fourth-order valence-electron chi connectivity index (χ4n) is 4.31. The third-order valence-corrected chi connectivity index (χ3v) is 6.13. The Balaban J connectivity index is 1.45. The summed E-state index contributed by atoms with van der Waals surface area (Å²) in [5.74, 6) is 0.114. The second kappa shape index (κ2) is 9.23. The monoisotopic (exact) mass is 487 g/mol. The molecule has 36 heavy (non-hydrogen) atoms. The van der Waals surface area contributed by atoms with Gasteiger partial charge in [-0.1, -0.05) is 6.92 Å². The number of nitriles is 1. The molecule has 1 amide bonds. The van der Waals surface area contributed by atoms with Crippen LogP contribution in [-0.4, -0.2) is 70.6 Å². The van der Waals surface area contributed by atoms with E-state index < -0.39 is 12.0 Å². The van der Waals surface area contributed by atoms with Crippen LogP contribution in [0.1, 0.15) is 29.8 Å². The number of amides is 1. The van der Waals surface area contributed by atoms with E-state index in [0.29, 0.717) is 48.2 Å². The number of fused-ring (bicyclic) bond motifs is 1. The highest BCUT2D eigenvalue weighted by atomic mass is 16.3. The zero-order valence-electron chi connectivity index (χ0n) is 19.8. The molecule has 1 saturated heterocycles. The third-order valence-electron chi connectivity index (χ3n) is 6.13. The van der Waals surface area contributed by atoms with Crippen LogP contribution in [0.2, 0.25) is 0 Å². The van der Waals surface area contributed by atoms with Crippen molar-refractivity contribution >= 4 is 23.2 Å². The van der Waals surface area contributed by atoms with Gasteiger partial charge in [0, 0.05) is 30.9 Å². The molecule has 0 bridgehead atoms. The van der Waals surface area contributed by atoms with Crippen molar-refractivity contribution in [2.24, 2.45) is 11.7 Å². The van der Waals surface area contributed by atoms with Crippen molar-refractivity contribution in [1.29, 1.82) is 5.26 Å². The van der Waals surface area contributed by atoms with Gasteiger partial charge < -0.3 is 21.1 Å². The van der Waals surface area contributed by atoms with E-state index in [4.69, 9.17) is 16.0 Å². The molecule has 4 aromatic heterocycles. The van der Waals surface area contributed by atoms with Gasteiger partial charge in [-0.3, -0.25) is 9.48 Å². The van der Waals surface area contributed by atoms with Gasteiger partial charge in [0.25, 0.3) is 5.91 Å². The Bertz CT molecular complexity index is 1450. The van der Waals surface area contributed by atoms with Gasteiger partial charge in [-0.2, -0.15) is 15.5 Å².